The normalized spacial score (nSPS) is 11.1. The summed E-state index contributed by atoms with van der Waals surface area (Å²) in [6, 6.07) is 9.99. The predicted octanol–water partition coefficient (Wildman–Crippen LogP) is 1.78. The molecule has 0 radical (unpaired) electrons. The van der Waals surface area contributed by atoms with Crippen molar-refractivity contribution in [3.63, 3.8) is 0 Å². The molecule has 4 nitrogen and oxygen atoms in total. The highest BCUT2D eigenvalue weighted by atomic mass is 15.3. The molecule has 0 aliphatic heterocycles. The molecule has 16 heavy (non-hydrogen) atoms. The number of para-hydroxylation sites is 1. The van der Waals surface area contributed by atoms with E-state index in [9.17, 15) is 0 Å². The molecule has 0 aliphatic rings. The molecule has 0 spiro atoms. The zero-order valence-electron chi connectivity index (χ0n) is 9.38. The summed E-state index contributed by atoms with van der Waals surface area (Å²) in [5.41, 5.74) is 3.99. The molecule has 0 fully saturated rings. The Morgan fingerprint density at radius 3 is 2.56 bits per heavy atom. The average molecular weight is 214 g/mol. The van der Waals surface area contributed by atoms with E-state index in [4.69, 9.17) is 5.84 Å². The second-order valence-corrected chi connectivity index (χ2v) is 3.61. The van der Waals surface area contributed by atoms with Crippen LogP contribution in [0, 0.1) is 13.8 Å². The summed E-state index contributed by atoms with van der Waals surface area (Å²) in [4.78, 5) is 0. The summed E-state index contributed by atoms with van der Waals surface area (Å²) in [6.07, 6.45) is 1.64. The maximum absolute atomic E-state index is 5.18. The lowest BCUT2D eigenvalue weighted by molar-refractivity contribution is 0.833. The first-order valence-electron chi connectivity index (χ1n) is 5.09. The summed E-state index contributed by atoms with van der Waals surface area (Å²) >= 11 is 0. The van der Waals surface area contributed by atoms with E-state index in [1.54, 1.807) is 6.21 Å². The van der Waals surface area contributed by atoms with Crippen LogP contribution >= 0.6 is 0 Å². The van der Waals surface area contributed by atoms with Crippen molar-refractivity contribution < 1.29 is 0 Å². The number of nitrogens with zero attached hydrogens (tertiary/aromatic N) is 3. The fourth-order valence-electron chi connectivity index (χ4n) is 1.74. The minimum Gasteiger partial charge on any atom is -0.323 e. The Balaban J connectivity index is 2.56. The third-order valence-electron chi connectivity index (χ3n) is 2.55. The largest absolute Gasteiger partial charge is 0.323 e. The minimum absolute atomic E-state index is 0.926. The quantitative estimate of drug-likeness (QED) is 0.470. The lowest BCUT2D eigenvalue weighted by atomic mass is 10.2. The van der Waals surface area contributed by atoms with Crippen LogP contribution in [0.1, 0.15) is 17.0 Å². The smallest absolute Gasteiger partial charge is 0.0689 e. The van der Waals surface area contributed by atoms with Gasteiger partial charge in [0.05, 0.1) is 23.3 Å². The average Bonchev–Trinajstić information content (AvgIpc) is 2.59. The number of aromatic nitrogens is 2. The zero-order chi connectivity index (χ0) is 11.5. The van der Waals surface area contributed by atoms with Gasteiger partial charge in [-0.25, -0.2) is 4.68 Å². The van der Waals surface area contributed by atoms with Crippen LogP contribution in [0.2, 0.25) is 0 Å². The first-order valence-corrected chi connectivity index (χ1v) is 5.09. The molecule has 1 aromatic heterocycles. The number of aryl methyl sites for hydroxylation is 1. The summed E-state index contributed by atoms with van der Waals surface area (Å²) < 4.78 is 1.90. The number of rotatable bonds is 2. The van der Waals surface area contributed by atoms with E-state index >= 15 is 0 Å². The van der Waals surface area contributed by atoms with Crippen molar-refractivity contribution in [3.05, 3.63) is 47.3 Å². The van der Waals surface area contributed by atoms with E-state index in [1.807, 2.05) is 48.9 Å². The summed E-state index contributed by atoms with van der Waals surface area (Å²) in [5.74, 6) is 5.18. The van der Waals surface area contributed by atoms with Crippen LogP contribution in [0.15, 0.2) is 35.4 Å². The molecule has 2 rings (SSSR count). The number of hydrogen-bond donors (Lipinski definition) is 1. The van der Waals surface area contributed by atoms with Gasteiger partial charge in [0, 0.05) is 5.56 Å². The monoisotopic (exact) mass is 214 g/mol. The fraction of sp³-hybridized carbons (Fsp3) is 0.167. The molecule has 4 heteroatoms. The lowest BCUT2D eigenvalue weighted by Gasteiger charge is -2.03. The van der Waals surface area contributed by atoms with E-state index in [-0.39, 0.29) is 0 Å². The molecule has 1 aromatic carbocycles. The lowest BCUT2D eigenvalue weighted by Crippen LogP contribution is -1.99. The van der Waals surface area contributed by atoms with E-state index in [0.717, 1.165) is 22.6 Å². The Bertz CT molecular complexity index is 511. The molecule has 0 unspecified atom stereocenters. The predicted molar refractivity (Wildman–Crippen MR) is 64.8 cm³/mol. The molecule has 0 saturated carbocycles. The third kappa shape index (κ3) is 1.69. The van der Waals surface area contributed by atoms with Gasteiger partial charge in [0.15, 0.2) is 0 Å². The Labute approximate surface area is 94.4 Å². The van der Waals surface area contributed by atoms with Crippen LogP contribution in [0.4, 0.5) is 0 Å². The van der Waals surface area contributed by atoms with Gasteiger partial charge in [0.25, 0.3) is 0 Å². The van der Waals surface area contributed by atoms with Crippen molar-refractivity contribution >= 4 is 6.21 Å². The molecule has 82 valence electrons. The van der Waals surface area contributed by atoms with E-state index in [0.29, 0.717) is 0 Å². The van der Waals surface area contributed by atoms with Gasteiger partial charge in [-0.1, -0.05) is 18.2 Å². The Kier molecular flexibility index (Phi) is 2.72. The first kappa shape index (κ1) is 10.4. The van der Waals surface area contributed by atoms with Gasteiger partial charge in [-0.2, -0.15) is 10.2 Å². The fourth-order valence-corrected chi connectivity index (χ4v) is 1.74. The topological polar surface area (TPSA) is 56.2 Å². The molecule has 2 N–H and O–H groups in total. The molecule has 0 saturated heterocycles. The Morgan fingerprint density at radius 2 is 1.94 bits per heavy atom. The van der Waals surface area contributed by atoms with Crippen LogP contribution in [0.25, 0.3) is 5.69 Å². The first-order chi connectivity index (χ1) is 7.74. The van der Waals surface area contributed by atoms with E-state index in [2.05, 4.69) is 10.2 Å². The summed E-state index contributed by atoms with van der Waals surface area (Å²) in [7, 11) is 0. The standard InChI is InChI=1S/C12H14N4/c1-9-12(8-14-13)10(2)16(15-9)11-6-4-3-5-7-11/h3-8H,13H2,1-2H3/b14-8-. The molecular formula is C12H14N4. The molecule has 0 aliphatic carbocycles. The van der Waals surface area contributed by atoms with Gasteiger partial charge in [-0.15, -0.1) is 0 Å². The number of hydrogen-bond acceptors (Lipinski definition) is 3. The Hall–Kier alpha value is -2.10. The van der Waals surface area contributed by atoms with E-state index in [1.165, 1.54) is 0 Å². The van der Waals surface area contributed by atoms with Crippen molar-refractivity contribution in [2.75, 3.05) is 0 Å². The van der Waals surface area contributed by atoms with Crippen molar-refractivity contribution in [1.82, 2.24) is 9.78 Å². The van der Waals surface area contributed by atoms with Crippen molar-refractivity contribution in [2.24, 2.45) is 10.9 Å². The van der Waals surface area contributed by atoms with Crippen molar-refractivity contribution in [2.45, 2.75) is 13.8 Å². The van der Waals surface area contributed by atoms with Gasteiger partial charge in [0.1, 0.15) is 0 Å². The highest BCUT2D eigenvalue weighted by Crippen LogP contribution is 2.15. The molecule has 0 bridgehead atoms. The highest BCUT2D eigenvalue weighted by Gasteiger charge is 2.10. The van der Waals surface area contributed by atoms with Crippen LogP contribution < -0.4 is 5.84 Å². The van der Waals surface area contributed by atoms with Crippen molar-refractivity contribution in [3.8, 4) is 5.69 Å². The summed E-state index contributed by atoms with van der Waals surface area (Å²) in [5, 5.41) is 8.03. The maximum atomic E-state index is 5.18. The van der Waals surface area contributed by atoms with Crippen LogP contribution in [-0.4, -0.2) is 16.0 Å². The SMILES string of the molecule is Cc1nn(-c2ccccc2)c(C)c1/C=N\N. The third-order valence-corrected chi connectivity index (χ3v) is 2.55. The van der Waals surface area contributed by atoms with Gasteiger partial charge in [0.2, 0.25) is 0 Å². The number of hydrazone groups is 1. The maximum Gasteiger partial charge on any atom is 0.0689 e. The van der Waals surface area contributed by atoms with Crippen LogP contribution in [0.3, 0.4) is 0 Å². The minimum atomic E-state index is 0.926. The molecule has 1 heterocycles. The van der Waals surface area contributed by atoms with Crippen molar-refractivity contribution in [1.29, 1.82) is 0 Å². The second kappa shape index (κ2) is 4.18. The highest BCUT2D eigenvalue weighted by molar-refractivity contribution is 5.82. The van der Waals surface area contributed by atoms with Crippen LogP contribution in [0.5, 0.6) is 0 Å². The van der Waals surface area contributed by atoms with Gasteiger partial charge < -0.3 is 5.84 Å². The molecule has 2 aromatic rings. The molecular weight excluding hydrogens is 200 g/mol. The Morgan fingerprint density at radius 1 is 1.25 bits per heavy atom. The number of nitrogens with two attached hydrogens (primary N) is 1. The summed E-state index contributed by atoms with van der Waals surface area (Å²) in [6.45, 7) is 3.95. The van der Waals surface area contributed by atoms with Gasteiger partial charge in [-0.05, 0) is 26.0 Å². The van der Waals surface area contributed by atoms with E-state index < -0.39 is 0 Å². The molecule has 0 atom stereocenters. The second-order valence-electron chi connectivity index (χ2n) is 3.61. The zero-order valence-corrected chi connectivity index (χ0v) is 9.38. The molecule has 0 amide bonds. The van der Waals surface area contributed by atoms with Crippen LogP contribution in [-0.2, 0) is 0 Å². The van der Waals surface area contributed by atoms with Gasteiger partial charge in [-0.3, -0.25) is 0 Å². The van der Waals surface area contributed by atoms with Gasteiger partial charge >= 0.3 is 0 Å². The number of benzene rings is 1.